The number of hydrogen-bond donors (Lipinski definition) is 2. The fraction of sp³-hybridized carbons (Fsp3) is 0.263. The van der Waals surface area contributed by atoms with Crippen LogP contribution in [0.4, 0.5) is 11.6 Å². The molecule has 3 rings (SSSR count). The highest BCUT2D eigenvalue weighted by atomic mass is 32.1. The summed E-state index contributed by atoms with van der Waals surface area (Å²) in [6.07, 6.45) is 3.82. The van der Waals surface area contributed by atoms with Crippen molar-refractivity contribution in [3.63, 3.8) is 0 Å². The molecule has 2 N–H and O–H groups in total. The standard InChI is InChI=1S/C19H21N5OS/c1-4-16(18-22-12(2)13(3)26-18)24-17(25)14-10-20-19(21-11-14)23-15-8-6-5-7-9-15/h5-11,16H,4H2,1-3H3,(H,24,25)(H,20,21,23)/t16-/m0/s1. The van der Waals surface area contributed by atoms with Gasteiger partial charge in [0.2, 0.25) is 5.95 Å². The Morgan fingerprint density at radius 1 is 1.15 bits per heavy atom. The van der Waals surface area contributed by atoms with E-state index in [1.165, 1.54) is 17.3 Å². The number of thiazole rings is 1. The van der Waals surface area contributed by atoms with Gasteiger partial charge in [-0.15, -0.1) is 11.3 Å². The minimum absolute atomic E-state index is 0.109. The third-order valence-corrected chi connectivity index (χ3v) is 5.19. The summed E-state index contributed by atoms with van der Waals surface area (Å²) < 4.78 is 0. The van der Waals surface area contributed by atoms with Crippen LogP contribution in [0.25, 0.3) is 0 Å². The molecule has 0 spiro atoms. The first kappa shape index (κ1) is 18.0. The molecule has 0 aliphatic carbocycles. The largest absolute Gasteiger partial charge is 0.343 e. The maximum absolute atomic E-state index is 12.5. The number of carbonyl (C=O) groups excluding carboxylic acids is 1. The van der Waals surface area contributed by atoms with Crippen molar-refractivity contribution in [1.82, 2.24) is 20.3 Å². The average molecular weight is 367 g/mol. The number of nitrogens with one attached hydrogen (secondary N) is 2. The molecule has 0 aliphatic heterocycles. The molecule has 3 aromatic rings. The van der Waals surface area contributed by atoms with E-state index in [-0.39, 0.29) is 11.9 Å². The van der Waals surface area contributed by atoms with Crippen LogP contribution in [0.5, 0.6) is 0 Å². The lowest BCUT2D eigenvalue weighted by Gasteiger charge is -2.14. The quantitative estimate of drug-likeness (QED) is 0.683. The molecular formula is C19H21N5OS. The zero-order valence-electron chi connectivity index (χ0n) is 15.0. The van der Waals surface area contributed by atoms with E-state index in [1.807, 2.05) is 51.1 Å². The first-order valence-electron chi connectivity index (χ1n) is 8.45. The first-order chi connectivity index (χ1) is 12.6. The van der Waals surface area contributed by atoms with Crippen molar-refractivity contribution in [3.05, 3.63) is 63.9 Å². The molecule has 0 saturated carbocycles. The van der Waals surface area contributed by atoms with Gasteiger partial charge in [-0.3, -0.25) is 4.79 Å². The van der Waals surface area contributed by atoms with Gasteiger partial charge in [0.15, 0.2) is 0 Å². The SMILES string of the molecule is CC[C@H](NC(=O)c1cnc(Nc2ccccc2)nc1)c1nc(C)c(C)s1. The molecule has 1 amide bonds. The van der Waals surface area contributed by atoms with Crippen LogP contribution in [0.1, 0.15) is 45.3 Å². The van der Waals surface area contributed by atoms with E-state index in [4.69, 9.17) is 0 Å². The molecule has 0 aliphatic rings. The molecule has 0 bridgehead atoms. The van der Waals surface area contributed by atoms with E-state index < -0.39 is 0 Å². The second-order valence-corrected chi connectivity index (χ2v) is 7.15. The first-order valence-corrected chi connectivity index (χ1v) is 9.27. The van der Waals surface area contributed by atoms with Gasteiger partial charge in [0.05, 0.1) is 17.3 Å². The van der Waals surface area contributed by atoms with E-state index in [1.54, 1.807) is 11.3 Å². The van der Waals surface area contributed by atoms with Crippen molar-refractivity contribution in [1.29, 1.82) is 0 Å². The number of amides is 1. The highest BCUT2D eigenvalue weighted by Crippen LogP contribution is 2.25. The minimum Gasteiger partial charge on any atom is -0.343 e. The zero-order valence-corrected chi connectivity index (χ0v) is 15.8. The van der Waals surface area contributed by atoms with Crippen molar-refractivity contribution in [2.75, 3.05) is 5.32 Å². The van der Waals surface area contributed by atoms with Crippen molar-refractivity contribution >= 4 is 28.9 Å². The van der Waals surface area contributed by atoms with Crippen molar-refractivity contribution in [2.24, 2.45) is 0 Å². The molecule has 26 heavy (non-hydrogen) atoms. The summed E-state index contributed by atoms with van der Waals surface area (Å²) in [5, 5.41) is 7.04. The summed E-state index contributed by atoms with van der Waals surface area (Å²) in [5.74, 6) is 0.250. The number of benzene rings is 1. The second-order valence-electron chi connectivity index (χ2n) is 5.91. The molecule has 6 nitrogen and oxygen atoms in total. The van der Waals surface area contributed by atoms with E-state index in [2.05, 4.69) is 25.6 Å². The molecule has 1 aromatic carbocycles. The molecule has 134 valence electrons. The van der Waals surface area contributed by atoms with Crippen molar-refractivity contribution in [2.45, 2.75) is 33.2 Å². The Morgan fingerprint density at radius 3 is 2.42 bits per heavy atom. The highest BCUT2D eigenvalue weighted by molar-refractivity contribution is 7.11. The van der Waals surface area contributed by atoms with Gasteiger partial charge in [-0.2, -0.15) is 0 Å². The van der Waals surface area contributed by atoms with Crippen LogP contribution < -0.4 is 10.6 Å². The van der Waals surface area contributed by atoms with Gasteiger partial charge < -0.3 is 10.6 Å². The Hall–Kier alpha value is -2.80. The highest BCUT2D eigenvalue weighted by Gasteiger charge is 2.18. The van der Waals surface area contributed by atoms with E-state index in [0.29, 0.717) is 11.5 Å². The van der Waals surface area contributed by atoms with Gasteiger partial charge in [0, 0.05) is 23.0 Å². The van der Waals surface area contributed by atoms with Crippen molar-refractivity contribution < 1.29 is 4.79 Å². The number of aryl methyl sites for hydroxylation is 2. The topological polar surface area (TPSA) is 79.8 Å². The fourth-order valence-electron chi connectivity index (χ4n) is 2.39. The van der Waals surface area contributed by atoms with Crippen LogP contribution >= 0.6 is 11.3 Å². The van der Waals surface area contributed by atoms with Gasteiger partial charge in [-0.05, 0) is 32.4 Å². The number of carbonyl (C=O) groups is 1. The lowest BCUT2D eigenvalue weighted by Crippen LogP contribution is -2.28. The maximum atomic E-state index is 12.5. The Balaban J connectivity index is 1.67. The Kier molecular flexibility index (Phi) is 5.58. The summed E-state index contributed by atoms with van der Waals surface area (Å²) in [6.45, 7) is 6.05. The third-order valence-electron chi connectivity index (χ3n) is 4.00. The van der Waals surface area contributed by atoms with Crippen LogP contribution in [0, 0.1) is 13.8 Å². The molecule has 0 radical (unpaired) electrons. The molecular weight excluding hydrogens is 346 g/mol. The lowest BCUT2D eigenvalue weighted by molar-refractivity contribution is 0.0934. The van der Waals surface area contributed by atoms with Crippen LogP contribution in [-0.2, 0) is 0 Å². The Labute approximate surface area is 156 Å². The molecule has 0 unspecified atom stereocenters. The number of rotatable bonds is 6. The van der Waals surface area contributed by atoms with E-state index >= 15 is 0 Å². The van der Waals surface area contributed by atoms with Gasteiger partial charge in [-0.1, -0.05) is 25.1 Å². The monoisotopic (exact) mass is 367 g/mol. The summed E-state index contributed by atoms with van der Waals surface area (Å²) in [4.78, 5) is 26.7. The summed E-state index contributed by atoms with van der Waals surface area (Å²) in [5.41, 5.74) is 2.33. The Bertz CT molecular complexity index is 857. The number of aromatic nitrogens is 3. The maximum Gasteiger partial charge on any atom is 0.254 e. The molecule has 1 atom stereocenters. The Morgan fingerprint density at radius 2 is 1.85 bits per heavy atom. The minimum atomic E-state index is -0.200. The smallest absolute Gasteiger partial charge is 0.254 e. The normalized spacial score (nSPS) is 11.8. The van der Waals surface area contributed by atoms with Crippen LogP contribution in [-0.4, -0.2) is 20.9 Å². The average Bonchev–Trinajstić information content (AvgIpc) is 2.99. The van der Waals surface area contributed by atoms with Crippen LogP contribution in [0.15, 0.2) is 42.7 Å². The molecule has 0 saturated heterocycles. The zero-order chi connectivity index (χ0) is 18.5. The second kappa shape index (κ2) is 8.05. The summed E-state index contributed by atoms with van der Waals surface area (Å²) in [6, 6.07) is 9.53. The van der Waals surface area contributed by atoms with E-state index in [0.717, 1.165) is 22.8 Å². The number of anilines is 2. The van der Waals surface area contributed by atoms with Crippen molar-refractivity contribution in [3.8, 4) is 0 Å². The number of nitrogens with zero attached hydrogens (tertiary/aromatic N) is 3. The van der Waals surface area contributed by atoms with Gasteiger partial charge in [-0.25, -0.2) is 15.0 Å². The molecule has 0 fully saturated rings. The molecule has 7 heteroatoms. The van der Waals surface area contributed by atoms with E-state index in [9.17, 15) is 4.79 Å². The van der Waals surface area contributed by atoms with Gasteiger partial charge >= 0.3 is 0 Å². The predicted molar refractivity (Wildman–Crippen MR) is 104 cm³/mol. The number of hydrogen-bond acceptors (Lipinski definition) is 6. The fourth-order valence-corrected chi connectivity index (χ4v) is 3.44. The molecule has 2 aromatic heterocycles. The van der Waals surface area contributed by atoms with Gasteiger partial charge in [0.25, 0.3) is 5.91 Å². The predicted octanol–water partition coefficient (Wildman–Crippen LogP) is 4.17. The third kappa shape index (κ3) is 4.23. The lowest BCUT2D eigenvalue weighted by atomic mass is 10.2. The summed E-state index contributed by atoms with van der Waals surface area (Å²) in [7, 11) is 0. The van der Waals surface area contributed by atoms with Crippen LogP contribution in [0.3, 0.4) is 0 Å². The van der Waals surface area contributed by atoms with Gasteiger partial charge in [0.1, 0.15) is 5.01 Å². The summed E-state index contributed by atoms with van der Waals surface area (Å²) >= 11 is 1.62. The number of para-hydroxylation sites is 1. The molecule has 2 heterocycles. The van der Waals surface area contributed by atoms with Crippen LogP contribution in [0.2, 0.25) is 0 Å².